The number of amides is 1. The normalized spacial score (nSPS) is 12.9. The van der Waals surface area contributed by atoms with Crippen LogP contribution in [0.1, 0.15) is 39.5 Å². The minimum Gasteiger partial charge on any atom is -0.409 e. The first-order valence-corrected chi connectivity index (χ1v) is 5.91. The molecule has 6 heteroatoms. The zero-order chi connectivity index (χ0) is 13.5. The van der Waals surface area contributed by atoms with E-state index in [0.717, 1.165) is 12.8 Å². The van der Waals surface area contributed by atoms with Crippen molar-refractivity contribution < 1.29 is 10.0 Å². The van der Waals surface area contributed by atoms with E-state index in [4.69, 9.17) is 10.9 Å². The van der Waals surface area contributed by atoms with Crippen LogP contribution in [0.25, 0.3) is 0 Å². The fourth-order valence-corrected chi connectivity index (χ4v) is 1.98. The number of carbonyl (C=O) groups is 1. The quantitative estimate of drug-likeness (QED) is 0.269. The fraction of sp³-hybridized carbons (Fsp3) is 0.818. The van der Waals surface area contributed by atoms with Crippen molar-refractivity contribution in [2.45, 2.75) is 39.5 Å². The molecule has 0 atom stereocenters. The van der Waals surface area contributed by atoms with Gasteiger partial charge in [0.25, 0.3) is 0 Å². The number of nitrogens with one attached hydrogen (secondary N) is 1. The Kier molecular flexibility index (Phi) is 6.57. The van der Waals surface area contributed by atoms with Crippen LogP contribution in [0.3, 0.4) is 0 Å². The molecule has 0 spiro atoms. The van der Waals surface area contributed by atoms with Crippen molar-refractivity contribution in [2.24, 2.45) is 16.3 Å². The number of hydrazine groups is 1. The number of hydrogen-bond donors (Lipinski definition) is 3. The molecule has 0 aromatic rings. The molecular weight excluding hydrogens is 220 g/mol. The number of nitrogens with two attached hydrogens (primary N) is 1. The molecule has 0 radical (unpaired) electrons. The van der Waals surface area contributed by atoms with Gasteiger partial charge in [-0.1, -0.05) is 31.8 Å². The molecule has 4 N–H and O–H groups in total. The molecule has 0 heterocycles. The number of amidine groups is 1. The van der Waals surface area contributed by atoms with Gasteiger partial charge in [-0.25, -0.2) is 5.01 Å². The lowest BCUT2D eigenvalue weighted by Gasteiger charge is -2.31. The molecule has 0 unspecified atom stereocenters. The third kappa shape index (κ3) is 3.89. The highest BCUT2D eigenvalue weighted by Gasteiger charge is 2.41. The summed E-state index contributed by atoms with van der Waals surface area (Å²) >= 11 is 0. The zero-order valence-corrected chi connectivity index (χ0v) is 11.2. The summed E-state index contributed by atoms with van der Waals surface area (Å²) in [6.45, 7) is 3.94. The van der Waals surface area contributed by atoms with Crippen LogP contribution in [0.4, 0.5) is 0 Å². The molecule has 0 bridgehead atoms. The zero-order valence-electron chi connectivity index (χ0n) is 11.2. The van der Waals surface area contributed by atoms with Crippen molar-refractivity contribution in [3.8, 4) is 0 Å². The third-order valence-corrected chi connectivity index (χ3v) is 2.71. The second-order valence-corrected chi connectivity index (χ2v) is 4.40. The van der Waals surface area contributed by atoms with Crippen LogP contribution >= 0.6 is 0 Å². The molecule has 1 amide bonds. The maximum absolute atomic E-state index is 12.2. The molecule has 0 saturated carbocycles. The Bertz CT molecular complexity index is 271. The lowest BCUT2D eigenvalue weighted by molar-refractivity contribution is -0.132. The first-order valence-electron chi connectivity index (χ1n) is 5.91. The highest BCUT2D eigenvalue weighted by molar-refractivity contribution is 6.06. The summed E-state index contributed by atoms with van der Waals surface area (Å²) in [5.74, 6) is -0.234. The second kappa shape index (κ2) is 7.11. The molecular formula is C11H24N4O2. The highest BCUT2D eigenvalue weighted by Crippen LogP contribution is 2.30. The van der Waals surface area contributed by atoms with E-state index in [1.807, 2.05) is 13.8 Å². The molecule has 0 aliphatic carbocycles. The Morgan fingerprint density at radius 1 is 1.35 bits per heavy atom. The van der Waals surface area contributed by atoms with E-state index in [1.165, 1.54) is 0 Å². The van der Waals surface area contributed by atoms with Crippen LogP contribution in [0.5, 0.6) is 0 Å². The summed E-state index contributed by atoms with van der Waals surface area (Å²) < 4.78 is 0. The van der Waals surface area contributed by atoms with Gasteiger partial charge in [0.1, 0.15) is 5.41 Å². The summed E-state index contributed by atoms with van der Waals surface area (Å²) in [6, 6.07) is 0. The maximum atomic E-state index is 12.2. The van der Waals surface area contributed by atoms with Gasteiger partial charge < -0.3 is 10.9 Å². The van der Waals surface area contributed by atoms with Gasteiger partial charge in [0.15, 0.2) is 5.84 Å². The topological polar surface area (TPSA) is 91.0 Å². The Labute approximate surface area is 103 Å². The van der Waals surface area contributed by atoms with Gasteiger partial charge in [0.05, 0.1) is 0 Å². The van der Waals surface area contributed by atoms with Crippen LogP contribution in [-0.4, -0.2) is 36.1 Å². The Hall–Kier alpha value is -1.30. The van der Waals surface area contributed by atoms with Crippen LogP contribution in [-0.2, 0) is 4.79 Å². The number of hydrogen-bond acceptors (Lipinski definition) is 4. The van der Waals surface area contributed by atoms with Gasteiger partial charge >= 0.3 is 0 Å². The van der Waals surface area contributed by atoms with Gasteiger partial charge in [-0.05, 0) is 12.8 Å². The Morgan fingerprint density at radius 3 is 2.12 bits per heavy atom. The van der Waals surface area contributed by atoms with E-state index in [9.17, 15) is 4.79 Å². The molecule has 0 aliphatic heterocycles. The minimum absolute atomic E-state index is 0.0134. The van der Waals surface area contributed by atoms with Crippen molar-refractivity contribution in [1.29, 1.82) is 0 Å². The van der Waals surface area contributed by atoms with Crippen molar-refractivity contribution in [2.75, 3.05) is 14.1 Å². The Balaban J connectivity index is 5.22. The van der Waals surface area contributed by atoms with Gasteiger partial charge in [-0.3, -0.25) is 10.2 Å². The van der Waals surface area contributed by atoms with Gasteiger partial charge in [-0.15, -0.1) is 0 Å². The standard InChI is InChI=1S/C11H24N4O2/c1-5-7-11(8-6-2,9(12)14-17)10(16)13-15(3)4/h17H,5-8H2,1-4H3,(H2,12,14)(H,13,16). The first-order chi connectivity index (χ1) is 7.94. The largest absolute Gasteiger partial charge is 0.409 e. The summed E-state index contributed by atoms with van der Waals surface area (Å²) in [5, 5.41) is 13.5. The molecule has 17 heavy (non-hydrogen) atoms. The summed E-state index contributed by atoms with van der Waals surface area (Å²) in [6.07, 6.45) is 2.71. The maximum Gasteiger partial charge on any atom is 0.248 e. The summed E-state index contributed by atoms with van der Waals surface area (Å²) in [4.78, 5) is 12.2. The van der Waals surface area contributed by atoms with Crippen molar-refractivity contribution in [3.05, 3.63) is 0 Å². The molecule has 0 saturated heterocycles. The predicted octanol–water partition coefficient (Wildman–Crippen LogP) is 0.912. The van der Waals surface area contributed by atoms with Crippen LogP contribution in [0, 0.1) is 5.41 Å². The fourth-order valence-electron chi connectivity index (χ4n) is 1.98. The average molecular weight is 244 g/mol. The first kappa shape index (κ1) is 15.7. The second-order valence-electron chi connectivity index (χ2n) is 4.40. The number of rotatable bonds is 7. The van der Waals surface area contributed by atoms with E-state index in [-0.39, 0.29) is 11.7 Å². The number of carbonyl (C=O) groups excluding carboxylic acids is 1. The van der Waals surface area contributed by atoms with E-state index in [0.29, 0.717) is 12.8 Å². The minimum atomic E-state index is -0.914. The molecule has 0 fully saturated rings. The molecule has 0 rings (SSSR count). The smallest absolute Gasteiger partial charge is 0.248 e. The predicted molar refractivity (Wildman–Crippen MR) is 67.5 cm³/mol. The van der Waals surface area contributed by atoms with Crippen molar-refractivity contribution in [1.82, 2.24) is 10.4 Å². The summed E-state index contributed by atoms with van der Waals surface area (Å²) in [5.41, 5.74) is 7.50. The lowest BCUT2D eigenvalue weighted by atomic mass is 9.77. The van der Waals surface area contributed by atoms with Crippen LogP contribution in [0.15, 0.2) is 5.16 Å². The number of oxime groups is 1. The van der Waals surface area contributed by atoms with Gasteiger partial charge in [-0.2, -0.15) is 0 Å². The molecule has 0 aliphatic rings. The monoisotopic (exact) mass is 244 g/mol. The van der Waals surface area contributed by atoms with E-state index >= 15 is 0 Å². The van der Waals surface area contributed by atoms with E-state index in [2.05, 4.69) is 10.6 Å². The van der Waals surface area contributed by atoms with Crippen molar-refractivity contribution in [3.63, 3.8) is 0 Å². The van der Waals surface area contributed by atoms with Gasteiger partial charge in [0.2, 0.25) is 5.91 Å². The van der Waals surface area contributed by atoms with Crippen LogP contribution < -0.4 is 11.2 Å². The SMILES string of the molecule is CCCC(CCC)(C(=O)NN(C)C)C(N)=NO. The van der Waals surface area contributed by atoms with Crippen LogP contribution in [0.2, 0.25) is 0 Å². The molecule has 6 nitrogen and oxygen atoms in total. The molecule has 100 valence electrons. The third-order valence-electron chi connectivity index (χ3n) is 2.71. The van der Waals surface area contributed by atoms with Crippen molar-refractivity contribution >= 4 is 11.7 Å². The summed E-state index contributed by atoms with van der Waals surface area (Å²) in [7, 11) is 3.46. The lowest BCUT2D eigenvalue weighted by Crippen LogP contribution is -2.53. The molecule has 0 aromatic heterocycles. The van der Waals surface area contributed by atoms with E-state index in [1.54, 1.807) is 19.1 Å². The highest BCUT2D eigenvalue weighted by atomic mass is 16.4. The molecule has 0 aromatic carbocycles. The average Bonchev–Trinajstić information content (AvgIpc) is 2.26. The number of nitrogens with zero attached hydrogens (tertiary/aromatic N) is 2. The van der Waals surface area contributed by atoms with Gasteiger partial charge in [0, 0.05) is 14.1 Å². The van der Waals surface area contributed by atoms with E-state index < -0.39 is 5.41 Å². The Morgan fingerprint density at radius 2 is 1.82 bits per heavy atom.